The van der Waals surface area contributed by atoms with Gasteiger partial charge >= 0.3 is 0 Å². The van der Waals surface area contributed by atoms with Crippen molar-refractivity contribution in [1.82, 2.24) is 14.6 Å². The first kappa shape index (κ1) is 17.2. The number of carbonyl (C=O) groups is 2. The number of primary amides is 1. The second kappa shape index (κ2) is 6.30. The minimum absolute atomic E-state index is 0.0301. The second-order valence-corrected chi connectivity index (χ2v) is 7.13. The maximum Gasteiger partial charge on any atom is 0.272 e. The summed E-state index contributed by atoms with van der Waals surface area (Å²) in [5.74, 6) is -0.958. The van der Waals surface area contributed by atoms with Crippen molar-refractivity contribution in [3.05, 3.63) is 76.3 Å². The van der Waals surface area contributed by atoms with E-state index in [9.17, 15) is 14.4 Å². The molecule has 1 fully saturated rings. The highest BCUT2D eigenvalue weighted by molar-refractivity contribution is 6.05. The molecule has 8 heteroatoms. The zero-order valence-electron chi connectivity index (χ0n) is 15.3. The summed E-state index contributed by atoms with van der Waals surface area (Å²) in [7, 11) is 0. The van der Waals surface area contributed by atoms with Crippen molar-refractivity contribution in [2.45, 2.75) is 12.3 Å². The van der Waals surface area contributed by atoms with Gasteiger partial charge < -0.3 is 10.6 Å². The lowest BCUT2D eigenvalue weighted by Gasteiger charge is -2.19. The van der Waals surface area contributed by atoms with Gasteiger partial charge in [-0.2, -0.15) is 0 Å². The quantitative estimate of drug-likeness (QED) is 0.558. The average molecular weight is 387 g/mol. The van der Waals surface area contributed by atoms with Gasteiger partial charge in [0, 0.05) is 36.5 Å². The highest BCUT2D eigenvalue weighted by Crippen LogP contribution is 2.34. The van der Waals surface area contributed by atoms with Crippen LogP contribution in [0.2, 0.25) is 0 Å². The van der Waals surface area contributed by atoms with Crippen LogP contribution in [0.1, 0.15) is 28.4 Å². The van der Waals surface area contributed by atoms with Crippen molar-refractivity contribution in [3.63, 3.8) is 0 Å². The summed E-state index contributed by atoms with van der Waals surface area (Å²) >= 11 is 0. The lowest BCUT2D eigenvalue weighted by Crippen LogP contribution is -2.25. The average Bonchev–Trinajstić information content (AvgIpc) is 3.31. The van der Waals surface area contributed by atoms with Gasteiger partial charge in [-0.25, -0.2) is 9.50 Å². The van der Waals surface area contributed by atoms with Crippen LogP contribution in [-0.4, -0.2) is 33.0 Å². The zero-order chi connectivity index (χ0) is 20.1. The SMILES string of the molecule is NC(=O)c1c[nH]n2c(=O)cc([C@H]3CC(=O)N(c4cccc5ccccc45)C3)nc12. The van der Waals surface area contributed by atoms with E-state index < -0.39 is 5.91 Å². The summed E-state index contributed by atoms with van der Waals surface area (Å²) < 4.78 is 1.17. The Hall–Kier alpha value is -3.94. The molecule has 8 nitrogen and oxygen atoms in total. The monoisotopic (exact) mass is 387 g/mol. The van der Waals surface area contributed by atoms with Crippen LogP contribution in [-0.2, 0) is 4.79 Å². The molecular formula is C21H17N5O3. The van der Waals surface area contributed by atoms with E-state index in [1.165, 1.54) is 16.8 Å². The molecule has 4 aromatic rings. The molecule has 1 aliphatic heterocycles. The van der Waals surface area contributed by atoms with Crippen molar-refractivity contribution < 1.29 is 9.59 Å². The fraction of sp³-hybridized carbons (Fsp3) is 0.143. The van der Waals surface area contributed by atoms with Gasteiger partial charge in [0.05, 0.1) is 11.4 Å². The molecule has 144 valence electrons. The van der Waals surface area contributed by atoms with Gasteiger partial charge in [0.15, 0.2) is 5.65 Å². The van der Waals surface area contributed by atoms with Crippen LogP contribution >= 0.6 is 0 Å². The smallest absolute Gasteiger partial charge is 0.272 e. The number of aromatic amines is 1. The van der Waals surface area contributed by atoms with Crippen LogP contribution in [0.5, 0.6) is 0 Å². The molecule has 0 saturated carbocycles. The number of nitrogens with one attached hydrogen (secondary N) is 1. The number of carbonyl (C=O) groups excluding carboxylic acids is 2. The van der Waals surface area contributed by atoms with E-state index in [0.29, 0.717) is 12.2 Å². The molecule has 3 heterocycles. The van der Waals surface area contributed by atoms with Crippen LogP contribution in [0.15, 0.2) is 59.5 Å². The van der Waals surface area contributed by atoms with Gasteiger partial charge in [0.25, 0.3) is 11.5 Å². The highest BCUT2D eigenvalue weighted by atomic mass is 16.2. The van der Waals surface area contributed by atoms with Gasteiger partial charge in [0.1, 0.15) is 5.56 Å². The molecule has 1 saturated heterocycles. The largest absolute Gasteiger partial charge is 0.365 e. The first-order valence-electron chi connectivity index (χ1n) is 9.22. The molecule has 1 atom stereocenters. The third kappa shape index (κ3) is 2.68. The van der Waals surface area contributed by atoms with Crippen LogP contribution < -0.4 is 16.2 Å². The topological polar surface area (TPSA) is 114 Å². The van der Waals surface area contributed by atoms with Crippen molar-refractivity contribution in [3.8, 4) is 0 Å². The Kier molecular flexibility index (Phi) is 3.73. The van der Waals surface area contributed by atoms with Crippen LogP contribution in [0.25, 0.3) is 16.4 Å². The lowest BCUT2D eigenvalue weighted by molar-refractivity contribution is -0.117. The van der Waals surface area contributed by atoms with Gasteiger partial charge in [-0.3, -0.25) is 19.5 Å². The summed E-state index contributed by atoms with van der Waals surface area (Å²) in [6.45, 7) is 0.409. The van der Waals surface area contributed by atoms with E-state index in [-0.39, 0.29) is 35.0 Å². The second-order valence-electron chi connectivity index (χ2n) is 7.13. The van der Waals surface area contributed by atoms with Crippen molar-refractivity contribution in [2.24, 2.45) is 5.73 Å². The Labute approximate surface area is 164 Å². The molecule has 2 amide bonds. The Morgan fingerprint density at radius 1 is 1.14 bits per heavy atom. The predicted molar refractivity (Wildman–Crippen MR) is 108 cm³/mol. The van der Waals surface area contributed by atoms with E-state index in [2.05, 4.69) is 10.1 Å². The molecule has 0 aliphatic carbocycles. The standard InChI is InChI=1S/C21H17N5O3/c22-20(29)15-10-23-26-19(28)9-16(24-21(15)26)13-8-18(27)25(11-13)17-7-3-5-12-4-1-2-6-14(12)17/h1-7,9-10,13,23H,8,11H2,(H2,22,29)/t13-/m0/s1. The number of amides is 2. The third-order valence-electron chi connectivity index (χ3n) is 5.38. The summed E-state index contributed by atoms with van der Waals surface area (Å²) in [6, 6.07) is 15.1. The van der Waals surface area contributed by atoms with Crippen LogP contribution in [0, 0.1) is 0 Å². The minimum atomic E-state index is -0.673. The summed E-state index contributed by atoms with van der Waals surface area (Å²) in [4.78, 5) is 43.1. The van der Waals surface area contributed by atoms with Crippen LogP contribution in [0.4, 0.5) is 5.69 Å². The Morgan fingerprint density at radius 3 is 2.76 bits per heavy atom. The first-order valence-corrected chi connectivity index (χ1v) is 9.22. The number of H-pyrrole nitrogens is 1. The lowest BCUT2D eigenvalue weighted by atomic mass is 10.0. The Morgan fingerprint density at radius 2 is 1.93 bits per heavy atom. The predicted octanol–water partition coefficient (Wildman–Crippen LogP) is 1.80. The Balaban J connectivity index is 1.56. The molecule has 0 unspecified atom stereocenters. The zero-order valence-corrected chi connectivity index (χ0v) is 15.3. The van der Waals surface area contributed by atoms with Gasteiger partial charge in [0.2, 0.25) is 5.91 Å². The number of benzene rings is 2. The number of nitrogens with zero attached hydrogens (tertiary/aromatic N) is 3. The first-order chi connectivity index (χ1) is 14.0. The van der Waals surface area contributed by atoms with Gasteiger partial charge in [-0.15, -0.1) is 0 Å². The number of rotatable bonds is 3. The van der Waals surface area contributed by atoms with Gasteiger partial charge in [-0.1, -0.05) is 36.4 Å². The van der Waals surface area contributed by atoms with Crippen LogP contribution in [0.3, 0.4) is 0 Å². The molecule has 0 radical (unpaired) electrons. The number of hydrogen-bond donors (Lipinski definition) is 2. The van der Waals surface area contributed by atoms with Gasteiger partial charge in [-0.05, 0) is 11.5 Å². The highest BCUT2D eigenvalue weighted by Gasteiger charge is 2.34. The number of hydrogen-bond acceptors (Lipinski definition) is 4. The molecule has 2 aromatic carbocycles. The molecule has 0 bridgehead atoms. The van der Waals surface area contributed by atoms with Crippen molar-refractivity contribution in [2.75, 3.05) is 11.4 Å². The van der Waals surface area contributed by atoms with Crippen molar-refractivity contribution in [1.29, 1.82) is 0 Å². The molecule has 29 heavy (non-hydrogen) atoms. The maximum atomic E-state index is 12.8. The molecule has 2 aromatic heterocycles. The Bertz CT molecular complexity index is 1350. The maximum absolute atomic E-state index is 12.8. The number of nitrogens with two attached hydrogens (primary N) is 1. The molecule has 3 N–H and O–H groups in total. The number of fused-ring (bicyclic) bond motifs is 2. The minimum Gasteiger partial charge on any atom is -0.365 e. The summed E-state index contributed by atoms with van der Waals surface area (Å²) in [5.41, 5.74) is 6.66. The molecule has 0 spiro atoms. The fourth-order valence-electron chi connectivity index (χ4n) is 3.97. The van der Waals surface area contributed by atoms with Crippen molar-refractivity contribution >= 4 is 33.9 Å². The summed E-state index contributed by atoms with van der Waals surface area (Å²) in [6.07, 6.45) is 1.60. The fourth-order valence-corrected chi connectivity index (χ4v) is 3.97. The molecular weight excluding hydrogens is 370 g/mol. The normalized spacial score (nSPS) is 16.8. The summed E-state index contributed by atoms with van der Waals surface area (Å²) in [5, 5.41) is 4.73. The van der Waals surface area contributed by atoms with E-state index >= 15 is 0 Å². The van der Waals surface area contributed by atoms with E-state index in [1.54, 1.807) is 4.90 Å². The molecule has 5 rings (SSSR count). The molecule has 1 aliphatic rings. The number of anilines is 1. The van der Waals surface area contributed by atoms with E-state index in [0.717, 1.165) is 16.5 Å². The van der Waals surface area contributed by atoms with E-state index in [4.69, 9.17) is 5.73 Å². The number of aromatic nitrogens is 3. The third-order valence-corrected chi connectivity index (χ3v) is 5.38. The van der Waals surface area contributed by atoms with E-state index in [1.807, 2.05) is 42.5 Å².